The molecule has 0 radical (unpaired) electrons. The summed E-state index contributed by atoms with van der Waals surface area (Å²) in [4.78, 5) is 2.31. The van der Waals surface area contributed by atoms with Crippen molar-refractivity contribution in [2.24, 2.45) is 0 Å². The first kappa shape index (κ1) is 23.5. The van der Waals surface area contributed by atoms with E-state index in [1.807, 2.05) is 36.4 Å². The van der Waals surface area contributed by atoms with Gasteiger partial charge in [0.25, 0.3) is 15.1 Å². The molecule has 3 aromatic heterocycles. The SMILES string of the molecule is [O-][n+]1ccccc1SCCN(CCSc1cccc[n+]1[O-])CCSc1cccc[n+]1[O-]. The van der Waals surface area contributed by atoms with Crippen LogP contribution >= 0.6 is 35.3 Å². The smallest absolute Gasteiger partial charge is 0.251 e. The zero-order valence-corrected chi connectivity index (χ0v) is 19.4. The second kappa shape index (κ2) is 12.7. The summed E-state index contributed by atoms with van der Waals surface area (Å²) in [6, 6.07) is 16.2. The van der Waals surface area contributed by atoms with Crippen LogP contribution in [0.4, 0.5) is 0 Å². The van der Waals surface area contributed by atoms with Gasteiger partial charge in [0.1, 0.15) is 0 Å². The van der Waals surface area contributed by atoms with Gasteiger partial charge in [0.05, 0.1) is 0 Å². The first-order valence-corrected chi connectivity index (χ1v) is 12.7. The van der Waals surface area contributed by atoms with E-state index in [1.54, 1.807) is 18.2 Å². The maximum Gasteiger partial charge on any atom is 0.251 e. The molecule has 0 aliphatic rings. The molecule has 0 spiro atoms. The fraction of sp³-hybridized carbons (Fsp3) is 0.286. The lowest BCUT2D eigenvalue weighted by Crippen LogP contribution is -2.33. The Bertz CT molecular complexity index is 842. The van der Waals surface area contributed by atoms with Crippen molar-refractivity contribution in [2.45, 2.75) is 15.1 Å². The minimum Gasteiger partial charge on any atom is -0.618 e. The lowest BCUT2D eigenvalue weighted by Gasteiger charge is -2.21. The van der Waals surface area contributed by atoms with Crippen LogP contribution in [0.15, 0.2) is 88.3 Å². The van der Waals surface area contributed by atoms with Crippen LogP contribution in [0.1, 0.15) is 0 Å². The van der Waals surface area contributed by atoms with Crippen LogP contribution in [0.5, 0.6) is 0 Å². The molecule has 0 unspecified atom stereocenters. The van der Waals surface area contributed by atoms with Gasteiger partial charge in [-0.1, -0.05) is 35.3 Å². The van der Waals surface area contributed by atoms with Gasteiger partial charge in [-0.05, 0) is 18.2 Å². The Labute approximate surface area is 194 Å². The van der Waals surface area contributed by atoms with E-state index in [0.29, 0.717) is 15.1 Å². The number of aromatic nitrogens is 3. The van der Waals surface area contributed by atoms with Crippen LogP contribution in [0.3, 0.4) is 0 Å². The number of hydrogen-bond donors (Lipinski definition) is 0. The molecule has 3 heterocycles. The van der Waals surface area contributed by atoms with Crippen LogP contribution in [-0.4, -0.2) is 41.8 Å². The van der Waals surface area contributed by atoms with E-state index in [0.717, 1.165) is 51.1 Å². The summed E-state index contributed by atoms with van der Waals surface area (Å²) in [6.45, 7) is 2.41. The molecule has 0 amide bonds. The summed E-state index contributed by atoms with van der Waals surface area (Å²) < 4.78 is 2.64. The lowest BCUT2D eigenvalue weighted by molar-refractivity contribution is -0.645. The van der Waals surface area contributed by atoms with Crippen LogP contribution < -0.4 is 14.2 Å². The van der Waals surface area contributed by atoms with Crippen molar-refractivity contribution in [2.75, 3.05) is 36.9 Å². The van der Waals surface area contributed by atoms with E-state index in [1.165, 1.54) is 53.9 Å². The summed E-state index contributed by atoms with van der Waals surface area (Å²) >= 11 is 4.58. The van der Waals surface area contributed by atoms with Crippen LogP contribution in [0.25, 0.3) is 0 Å². The quantitative estimate of drug-likeness (QED) is 0.226. The van der Waals surface area contributed by atoms with Crippen LogP contribution in [0.2, 0.25) is 0 Å². The molecule has 164 valence electrons. The third kappa shape index (κ3) is 7.80. The topological polar surface area (TPSA) is 84.1 Å². The van der Waals surface area contributed by atoms with Crippen molar-refractivity contribution < 1.29 is 14.2 Å². The Morgan fingerprint density at radius 3 is 1.16 bits per heavy atom. The van der Waals surface area contributed by atoms with Gasteiger partial charge in [-0.15, -0.1) is 0 Å². The summed E-state index contributed by atoms with van der Waals surface area (Å²) in [5, 5.41) is 37.5. The molecule has 0 atom stereocenters. The molecule has 0 aliphatic carbocycles. The van der Waals surface area contributed by atoms with Gasteiger partial charge in [0.2, 0.25) is 0 Å². The van der Waals surface area contributed by atoms with Gasteiger partial charge in [-0.3, -0.25) is 0 Å². The molecule has 31 heavy (non-hydrogen) atoms. The van der Waals surface area contributed by atoms with Crippen molar-refractivity contribution in [3.8, 4) is 0 Å². The highest BCUT2D eigenvalue weighted by molar-refractivity contribution is 7.99. The van der Waals surface area contributed by atoms with E-state index >= 15 is 0 Å². The van der Waals surface area contributed by atoms with E-state index < -0.39 is 0 Å². The average molecular weight is 477 g/mol. The second-order valence-corrected chi connectivity index (χ2v) is 9.83. The van der Waals surface area contributed by atoms with Crippen molar-refractivity contribution in [3.63, 3.8) is 0 Å². The second-order valence-electron chi connectivity index (χ2n) is 6.48. The third-order valence-corrected chi connectivity index (χ3v) is 7.33. The first-order valence-electron chi connectivity index (χ1n) is 9.79. The summed E-state index contributed by atoms with van der Waals surface area (Å²) in [7, 11) is 0. The maximum atomic E-state index is 11.8. The molecular formula is C21H24N4O3S3. The molecule has 0 aromatic carbocycles. The van der Waals surface area contributed by atoms with Crippen molar-refractivity contribution in [3.05, 3.63) is 88.8 Å². The minimum atomic E-state index is 0.680. The number of rotatable bonds is 12. The standard InChI is InChI=1S/C21H24N4O3S3/c26-23-10-4-1-7-19(23)29-16-13-22(14-17-30-20-8-2-5-11-24(20)27)15-18-31-21-9-3-6-12-25(21)28/h1-12H,13-18H2. The maximum absolute atomic E-state index is 11.8. The Hall–Kier alpha value is -2.14. The van der Waals surface area contributed by atoms with Crippen LogP contribution in [0, 0.1) is 15.6 Å². The Morgan fingerprint density at radius 1 is 0.548 bits per heavy atom. The molecule has 0 saturated heterocycles. The Balaban J connectivity index is 1.51. The van der Waals surface area contributed by atoms with Crippen LogP contribution in [-0.2, 0) is 0 Å². The molecule has 3 aromatic rings. The highest BCUT2D eigenvalue weighted by Gasteiger charge is 2.12. The van der Waals surface area contributed by atoms with Gasteiger partial charge in [-0.2, -0.15) is 14.2 Å². The number of thioether (sulfide) groups is 3. The predicted molar refractivity (Wildman–Crippen MR) is 125 cm³/mol. The van der Waals surface area contributed by atoms with E-state index in [-0.39, 0.29) is 0 Å². The molecule has 0 aliphatic heterocycles. The van der Waals surface area contributed by atoms with Crippen molar-refractivity contribution in [1.29, 1.82) is 0 Å². The predicted octanol–water partition coefficient (Wildman–Crippen LogP) is 2.57. The monoisotopic (exact) mass is 476 g/mol. The first-order chi connectivity index (χ1) is 15.1. The highest BCUT2D eigenvalue weighted by Crippen LogP contribution is 2.17. The fourth-order valence-corrected chi connectivity index (χ4v) is 5.51. The molecule has 0 bridgehead atoms. The summed E-state index contributed by atoms with van der Waals surface area (Å²) in [5.41, 5.74) is 0. The summed E-state index contributed by atoms with van der Waals surface area (Å²) in [5.74, 6) is 2.34. The molecule has 10 heteroatoms. The Morgan fingerprint density at radius 2 is 0.871 bits per heavy atom. The minimum absolute atomic E-state index is 0.680. The number of nitrogens with zero attached hydrogens (tertiary/aromatic N) is 4. The average Bonchev–Trinajstić information content (AvgIpc) is 2.77. The number of pyridine rings is 3. The van der Waals surface area contributed by atoms with Gasteiger partial charge >= 0.3 is 0 Å². The molecule has 7 nitrogen and oxygen atoms in total. The summed E-state index contributed by atoms with van der Waals surface area (Å²) in [6.07, 6.45) is 4.51. The van der Waals surface area contributed by atoms with Crippen molar-refractivity contribution >= 4 is 35.3 Å². The van der Waals surface area contributed by atoms with Gasteiger partial charge in [-0.25, -0.2) is 0 Å². The lowest BCUT2D eigenvalue weighted by atomic mass is 10.5. The van der Waals surface area contributed by atoms with Gasteiger partial charge in [0, 0.05) is 73.3 Å². The van der Waals surface area contributed by atoms with Gasteiger partial charge < -0.3 is 20.5 Å². The largest absolute Gasteiger partial charge is 0.618 e. The molecule has 0 saturated carbocycles. The molecule has 0 N–H and O–H groups in total. The van der Waals surface area contributed by atoms with Crippen molar-refractivity contribution in [1.82, 2.24) is 4.90 Å². The molecule has 3 rings (SSSR count). The normalized spacial score (nSPS) is 11.1. The highest BCUT2D eigenvalue weighted by atomic mass is 32.2. The van der Waals surface area contributed by atoms with E-state index in [4.69, 9.17) is 0 Å². The van der Waals surface area contributed by atoms with E-state index in [9.17, 15) is 15.6 Å². The van der Waals surface area contributed by atoms with Gasteiger partial charge in [0.15, 0.2) is 18.6 Å². The van der Waals surface area contributed by atoms with E-state index in [2.05, 4.69) is 4.90 Å². The molecule has 0 fully saturated rings. The molecular weight excluding hydrogens is 452 g/mol. The fourth-order valence-electron chi connectivity index (χ4n) is 2.75. The zero-order chi connectivity index (χ0) is 21.9. The third-order valence-electron chi connectivity index (χ3n) is 4.34. The zero-order valence-electron chi connectivity index (χ0n) is 16.9. The number of hydrogen-bond acceptors (Lipinski definition) is 7. The Kier molecular flexibility index (Phi) is 9.60.